The highest BCUT2D eigenvalue weighted by Crippen LogP contribution is 2.33. The van der Waals surface area contributed by atoms with Gasteiger partial charge in [-0.2, -0.15) is 0 Å². The van der Waals surface area contributed by atoms with E-state index < -0.39 is 5.97 Å². The Labute approximate surface area is 102 Å². The minimum atomic E-state index is -0.783. The van der Waals surface area contributed by atoms with Crippen molar-refractivity contribution in [2.45, 2.75) is 44.9 Å². The van der Waals surface area contributed by atoms with E-state index in [2.05, 4.69) is 10.6 Å². The minimum absolute atomic E-state index is 0.142. The number of urea groups is 1. The zero-order chi connectivity index (χ0) is 12.5. The average Bonchev–Trinajstić information content (AvgIpc) is 3.07. The molecule has 1 saturated carbocycles. The standard InChI is InChI=1S/C12H22N2O3/c15-11(16)5-1-2-8-13-12(17)14-9-3-4-10-6-7-10/h10H,1-9H2,(H,15,16)(H2,13,14,17). The summed E-state index contributed by atoms with van der Waals surface area (Å²) in [5.41, 5.74) is 0. The van der Waals surface area contributed by atoms with Crippen molar-refractivity contribution in [1.82, 2.24) is 10.6 Å². The van der Waals surface area contributed by atoms with Gasteiger partial charge in [-0.25, -0.2) is 4.79 Å². The molecule has 98 valence electrons. The van der Waals surface area contributed by atoms with Crippen molar-refractivity contribution in [3.8, 4) is 0 Å². The highest BCUT2D eigenvalue weighted by Gasteiger charge is 2.19. The number of carboxylic acids is 1. The molecule has 0 atom stereocenters. The molecule has 0 aliphatic heterocycles. The molecule has 0 heterocycles. The molecule has 0 aromatic carbocycles. The summed E-state index contributed by atoms with van der Waals surface area (Å²) >= 11 is 0. The molecule has 1 aliphatic carbocycles. The maximum Gasteiger partial charge on any atom is 0.314 e. The van der Waals surface area contributed by atoms with Gasteiger partial charge in [0.2, 0.25) is 0 Å². The molecule has 0 saturated heterocycles. The van der Waals surface area contributed by atoms with Crippen LogP contribution in [0.25, 0.3) is 0 Å². The number of amides is 2. The fourth-order valence-corrected chi connectivity index (χ4v) is 1.66. The molecule has 0 radical (unpaired) electrons. The third-order valence-electron chi connectivity index (χ3n) is 2.87. The maximum atomic E-state index is 11.3. The number of aliphatic carboxylic acids is 1. The minimum Gasteiger partial charge on any atom is -0.481 e. The van der Waals surface area contributed by atoms with Gasteiger partial charge in [-0.3, -0.25) is 4.79 Å². The molecule has 1 rings (SSSR count). The predicted molar refractivity (Wildman–Crippen MR) is 64.8 cm³/mol. The van der Waals surface area contributed by atoms with Gasteiger partial charge in [-0.05, 0) is 31.6 Å². The smallest absolute Gasteiger partial charge is 0.314 e. The van der Waals surface area contributed by atoms with Crippen molar-refractivity contribution >= 4 is 12.0 Å². The van der Waals surface area contributed by atoms with Crippen LogP contribution in [0.5, 0.6) is 0 Å². The van der Waals surface area contributed by atoms with Gasteiger partial charge in [0.15, 0.2) is 0 Å². The van der Waals surface area contributed by atoms with Crippen LogP contribution in [0.2, 0.25) is 0 Å². The van der Waals surface area contributed by atoms with Crippen molar-refractivity contribution in [2.24, 2.45) is 5.92 Å². The van der Waals surface area contributed by atoms with Crippen LogP contribution in [-0.4, -0.2) is 30.2 Å². The summed E-state index contributed by atoms with van der Waals surface area (Å²) in [4.78, 5) is 21.5. The topological polar surface area (TPSA) is 78.4 Å². The molecule has 1 fully saturated rings. The highest BCUT2D eigenvalue weighted by molar-refractivity contribution is 5.73. The van der Waals surface area contributed by atoms with Crippen molar-refractivity contribution in [3.05, 3.63) is 0 Å². The van der Waals surface area contributed by atoms with Gasteiger partial charge < -0.3 is 15.7 Å². The van der Waals surface area contributed by atoms with Crippen LogP contribution in [-0.2, 0) is 4.79 Å². The fourth-order valence-electron chi connectivity index (χ4n) is 1.66. The van der Waals surface area contributed by atoms with E-state index in [1.165, 1.54) is 19.3 Å². The van der Waals surface area contributed by atoms with Crippen LogP contribution in [0.1, 0.15) is 44.9 Å². The lowest BCUT2D eigenvalue weighted by Gasteiger charge is -2.06. The van der Waals surface area contributed by atoms with E-state index >= 15 is 0 Å². The first-order chi connectivity index (χ1) is 8.18. The lowest BCUT2D eigenvalue weighted by atomic mass is 10.2. The van der Waals surface area contributed by atoms with Crippen LogP contribution in [0.3, 0.4) is 0 Å². The van der Waals surface area contributed by atoms with E-state index in [9.17, 15) is 9.59 Å². The van der Waals surface area contributed by atoms with Crippen molar-refractivity contribution in [1.29, 1.82) is 0 Å². The maximum absolute atomic E-state index is 11.3. The Hall–Kier alpha value is -1.26. The van der Waals surface area contributed by atoms with Crippen LogP contribution >= 0.6 is 0 Å². The molecule has 0 aromatic rings. The Bertz CT molecular complexity index is 252. The number of carbonyl (C=O) groups is 2. The first-order valence-electron chi connectivity index (χ1n) is 6.42. The summed E-state index contributed by atoms with van der Waals surface area (Å²) in [7, 11) is 0. The molecule has 0 bridgehead atoms. The quantitative estimate of drug-likeness (QED) is 0.539. The van der Waals surface area contributed by atoms with E-state index in [0.29, 0.717) is 19.4 Å². The second-order valence-corrected chi connectivity index (χ2v) is 4.62. The van der Waals surface area contributed by atoms with Gasteiger partial charge in [0, 0.05) is 19.5 Å². The summed E-state index contributed by atoms with van der Waals surface area (Å²) in [6.07, 6.45) is 6.48. The molecule has 17 heavy (non-hydrogen) atoms. The second-order valence-electron chi connectivity index (χ2n) is 4.62. The number of rotatable bonds is 9. The number of unbranched alkanes of at least 4 members (excludes halogenated alkanes) is 1. The zero-order valence-electron chi connectivity index (χ0n) is 10.2. The molecular formula is C12H22N2O3. The lowest BCUT2D eigenvalue weighted by Crippen LogP contribution is -2.36. The van der Waals surface area contributed by atoms with Gasteiger partial charge in [0.1, 0.15) is 0 Å². The first-order valence-corrected chi connectivity index (χ1v) is 6.42. The normalized spacial score (nSPS) is 14.4. The van der Waals surface area contributed by atoms with E-state index in [-0.39, 0.29) is 12.5 Å². The van der Waals surface area contributed by atoms with Crippen molar-refractivity contribution in [3.63, 3.8) is 0 Å². The van der Waals surface area contributed by atoms with Gasteiger partial charge in [-0.1, -0.05) is 12.8 Å². The van der Waals surface area contributed by atoms with Gasteiger partial charge in [0.05, 0.1) is 0 Å². The monoisotopic (exact) mass is 242 g/mol. The summed E-state index contributed by atoms with van der Waals surface area (Å²) in [6, 6.07) is -0.142. The fraction of sp³-hybridized carbons (Fsp3) is 0.833. The number of nitrogens with one attached hydrogen (secondary N) is 2. The van der Waals surface area contributed by atoms with Gasteiger partial charge in [0.25, 0.3) is 0 Å². The SMILES string of the molecule is O=C(O)CCCCNC(=O)NCCCC1CC1. The highest BCUT2D eigenvalue weighted by atomic mass is 16.4. The molecule has 0 aromatic heterocycles. The molecule has 5 nitrogen and oxygen atoms in total. The van der Waals surface area contributed by atoms with E-state index in [1.54, 1.807) is 0 Å². The molecule has 3 N–H and O–H groups in total. The van der Waals surface area contributed by atoms with Crippen LogP contribution < -0.4 is 10.6 Å². The van der Waals surface area contributed by atoms with Gasteiger partial charge >= 0.3 is 12.0 Å². The average molecular weight is 242 g/mol. The van der Waals surface area contributed by atoms with E-state index in [0.717, 1.165) is 18.9 Å². The van der Waals surface area contributed by atoms with E-state index in [1.807, 2.05) is 0 Å². The zero-order valence-corrected chi connectivity index (χ0v) is 10.2. The summed E-state index contributed by atoms with van der Waals surface area (Å²) in [5.74, 6) is 0.130. The number of hydrogen-bond donors (Lipinski definition) is 3. The molecule has 0 unspecified atom stereocenters. The van der Waals surface area contributed by atoms with Crippen molar-refractivity contribution in [2.75, 3.05) is 13.1 Å². The largest absolute Gasteiger partial charge is 0.481 e. The first kappa shape index (κ1) is 13.8. The Kier molecular flexibility index (Phi) is 6.43. The number of hydrogen-bond acceptors (Lipinski definition) is 2. The molecule has 5 heteroatoms. The van der Waals surface area contributed by atoms with Crippen LogP contribution in [0.15, 0.2) is 0 Å². The molecule has 1 aliphatic rings. The van der Waals surface area contributed by atoms with Crippen LogP contribution in [0, 0.1) is 5.92 Å². The summed E-state index contributed by atoms with van der Waals surface area (Å²) in [6.45, 7) is 1.28. The molecular weight excluding hydrogens is 220 g/mol. The van der Waals surface area contributed by atoms with Gasteiger partial charge in [-0.15, -0.1) is 0 Å². The lowest BCUT2D eigenvalue weighted by molar-refractivity contribution is -0.137. The Morgan fingerprint density at radius 3 is 2.29 bits per heavy atom. The van der Waals surface area contributed by atoms with Crippen molar-refractivity contribution < 1.29 is 14.7 Å². The molecule has 2 amide bonds. The van der Waals surface area contributed by atoms with Crippen LogP contribution in [0.4, 0.5) is 4.79 Å². The third-order valence-corrected chi connectivity index (χ3v) is 2.87. The third kappa shape index (κ3) is 8.54. The summed E-state index contributed by atoms with van der Waals surface area (Å²) < 4.78 is 0. The Morgan fingerprint density at radius 2 is 1.71 bits per heavy atom. The Balaban J connectivity index is 1.81. The summed E-state index contributed by atoms with van der Waals surface area (Å²) in [5, 5.41) is 13.9. The second kappa shape index (κ2) is 7.92. The van der Waals surface area contributed by atoms with E-state index in [4.69, 9.17) is 5.11 Å². The number of carbonyl (C=O) groups excluding carboxylic acids is 1. The Morgan fingerprint density at radius 1 is 1.06 bits per heavy atom. The predicted octanol–water partition coefficient (Wildman–Crippen LogP) is 1.73. The molecule has 0 spiro atoms. The number of carboxylic acid groups (broad SMARTS) is 1.